The number of thiophene rings is 2. The molecule has 0 spiro atoms. The number of aromatic nitrogens is 5. The van der Waals surface area contributed by atoms with E-state index >= 15 is 0 Å². The van der Waals surface area contributed by atoms with Crippen molar-refractivity contribution in [3.63, 3.8) is 0 Å². The molecule has 0 atom stereocenters. The minimum atomic E-state index is 0.581. The molecule has 0 aliphatic rings. The van der Waals surface area contributed by atoms with Crippen LogP contribution in [0, 0.1) is 0 Å². The van der Waals surface area contributed by atoms with Crippen LogP contribution in [0.1, 0.15) is 0 Å². The van der Waals surface area contributed by atoms with Gasteiger partial charge in [0, 0.05) is 68.8 Å². The summed E-state index contributed by atoms with van der Waals surface area (Å²) in [6.45, 7) is 0. The number of rotatable bonds is 5. The van der Waals surface area contributed by atoms with E-state index in [4.69, 9.17) is 29.3 Å². The number of fused-ring (bicyclic) bond motifs is 9. The van der Waals surface area contributed by atoms with Crippen molar-refractivity contribution in [3.8, 4) is 56.8 Å². The Hall–Kier alpha value is -7.13. The van der Waals surface area contributed by atoms with E-state index in [0.29, 0.717) is 23.3 Å². The summed E-state index contributed by atoms with van der Waals surface area (Å²) in [5, 5.41) is 5.50. The molecule has 0 unspecified atom stereocenters. The van der Waals surface area contributed by atoms with Gasteiger partial charge in [-0.15, -0.1) is 22.7 Å². The van der Waals surface area contributed by atoms with Crippen molar-refractivity contribution in [2.45, 2.75) is 0 Å². The third-order valence-corrected chi connectivity index (χ3v) is 12.9. The van der Waals surface area contributed by atoms with Gasteiger partial charge in [-0.05, 0) is 42.5 Å². The molecule has 0 aliphatic carbocycles. The minimum absolute atomic E-state index is 0.581. The van der Waals surface area contributed by atoms with Gasteiger partial charge in [0.2, 0.25) is 0 Å². The van der Waals surface area contributed by atoms with Crippen LogP contribution < -0.4 is 0 Å². The monoisotopic (exact) mass is 765 g/mol. The van der Waals surface area contributed by atoms with E-state index < -0.39 is 0 Å². The van der Waals surface area contributed by atoms with Crippen molar-refractivity contribution in [1.29, 1.82) is 0 Å². The average Bonchev–Trinajstić information content (AvgIpc) is 3.97. The van der Waals surface area contributed by atoms with Gasteiger partial charge >= 0.3 is 0 Å². The predicted molar refractivity (Wildman–Crippen MR) is 236 cm³/mol. The fraction of sp³-hybridized carbons (Fsp3) is 0. The molecule has 6 nitrogen and oxygen atoms in total. The van der Waals surface area contributed by atoms with E-state index in [1.807, 2.05) is 60.7 Å². The maximum absolute atomic E-state index is 6.51. The Morgan fingerprint density at radius 3 is 1.79 bits per heavy atom. The van der Waals surface area contributed by atoms with Crippen LogP contribution in [0.4, 0.5) is 0 Å². The highest BCUT2D eigenvalue weighted by Gasteiger charge is 2.21. The maximum Gasteiger partial charge on any atom is 0.164 e. The summed E-state index contributed by atoms with van der Waals surface area (Å²) in [7, 11) is 0. The first-order chi connectivity index (χ1) is 28.2. The number of benzene rings is 7. The number of hydrogen-bond acceptors (Lipinski definition) is 8. The van der Waals surface area contributed by atoms with Crippen molar-refractivity contribution in [2.24, 2.45) is 0 Å². The van der Waals surface area contributed by atoms with Gasteiger partial charge in [-0.25, -0.2) is 24.9 Å². The highest BCUT2D eigenvalue weighted by molar-refractivity contribution is 7.26. The van der Waals surface area contributed by atoms with Crippen LogP contribution in [-0.2, 0) is 0 Å². The van der Waals surface area contributed by atoms with E-state index in [0.717, 1.165) is 71.1 Å². The molecule has 12 rings (SSSR count). The minimum Gasteiger partial charge on any atom is -0.456 e. The summed E-state index contributed by atoms with van der Waals surface area (Å²) in [5.41, 5.74) is 8.06. The molecule has 0 N–H and O–H groups in total. The molecule has 0 saturated heterocycles. The van der Waals surface area contributed by atoms with Crippen LogP contribution >= 0.6 is 22.7 Å². The Balaban J connectivity index is 1.06. The zero-order valence-electron chi connectivity index (χ0n) is 30.0. The third kappa shape index (κ3) is 5.26. The van der Waals surface area contributed by atoms with Crippen LogP contribution in [0.25, 0.3) is 119 Å². The van der Waals surface area contributed by atoms with E-state index in [1.165, 1.54) is 24.9 Å². The first-order valence-electron chi connectivity index (χ1n) is 18.7. The summed E-state index contributed by atoms with van der Waals surface area (Å²) in [6.07, 6.45) is 0. The lowest BCUT2D eigenvalue weighted by molar-refractivity contribution is 0.669. The molecule has 0 aliphatic heterocycles. The molecule has 5 heterocycles. The summed E-state index contributed by atoms with van der Waals surface area (Å²) in [6, 6.07) is 56.2. The molecule has 266 valence electrons. The lowest BCUT2D eigenvalue weighted by Crippen LogP contribution is -2.00. The Kier molecular flexibility index (Phi) is 7.17. The Morgan fingerprint density at radius 1 is 0.368 bits per heavy atom. The van der Waals surface area contributed by atoms with Gasteiger partial charge in [-0.2, -0.15) is 0 Å². The molecule has 5 aromatic heterocycles. The molecular weight excluding hydrogens is 739 g/mol. The average molecular weight is 766 g/mol. The Morgan fingerprint density at radius 2 is 1.00 bits per heavy atom. The standard InChI is InChI=1S/C49H27N5OS2/c1-3-12-28(13-4-1)43-45-44(34-17-8-10-21-40(34)57-45)51-49(50-43)35-18-11-19-38-42(35)36-26-30(23-25-37(36)55-38)47-52-46(29-14-5-2-6-15-29)53-48(54-47)31-22-24-33-32-16-7-9-20-39(32)56-41(33)27-31/h1-27H. The van der Waals surface area contributed by atoms with Gasteiger partial charge in [0.05, 0.1) is 15.9 Å². The van der Waals surface area contributed by atoms with Crippen LogP contribution in [0.2, 0.25) is 0 Å². The fourth-order valence-corrected chi connectivity index (χ4v) is 10.2. The quantitative estimate of drug-likeness (QED) is 0.174. The number of furan rings is 1. The smallest absolute Gasteiger partial charge is 0.164 e. The number of hydrogen-bond donors (Lipinski definition) is 0. The van der Waals surface area contributed by atoms with Gasteiger partial charge in [-0.3, -0.25) is 0 Å². The second-order valence-electron chi connectivity index (χ2n) is 14.0. The van der Waals surface area contributed by atoms with Gasteiger partial charge in [0.25, 0.3) is 0 Å². The zero-order chi connectivity index (χ0) is 37.5. The van der Waals surface area contributed by atoms with Gasteiger partial charge in [0.15, 0.2) is 23.3 Å². The SMILES string of the molecule is c1ccc(-c2nc(-c3ccc4c(c3)sc3ccccc34)nc(-c3ccc4oc5cccc(-c6nc(-c7ccccc7)c7sc8ccccc8c7n6)c5c4c3)n2)cc1. The molecule has 57 heavy (non-hydrogen) atoms. The summed E-state index contributed by atoms with van der Waals surface area (Å²) in [5.74, 6) is 2.46. The van der Waals surface area contributed by atoms with Crippen molar-refractivity contribution in [1.82, 2.24) is 24.9 Å². The van der Waals surface area contributed by atoms with E-state index in [1.54, 1.807) is 22.7 Å². The molecule has 8 heteroatoms. The largest absolute Gasteiger partial charge is 0.456 e. The van der Waals surface area contributed by atoms with Crippen molar-refractivity contribution in [3.05, 3.63) is 164 Å². The van der Waals surface area contributed by atoms with Gasteiger partial charge in [0.1, 0.15) is 11.2 Å². The van der Waals surface area contributed by atoms with E-state index in [-0.39, 0.29) is 0 Å². The summed E-state index contributed by atoms with van der Waals surface area (Å²) in [4.78, 5) is 25.9. The van der Waals surface area contributed by atoms with Gasteiger partial charge < -0.3 is 4.42 Å². The van der Waals surface area contributed by atoms with Crippen molar-refractivity contribution < 1.29 is 4.42 Å². The first-order valence-corrected chi connectivity index (χ1v) is 20.3. The Bertz CT molecular complexity index is 3540. The van der Waals surface area contributed by atoms with Crippen LogP contribution in [0.15, 0.2) is 168 Å². The second kappa shape index (κ2) is 12.7. The normalized spacial score (nSPS) is 11.9. The second-order valence-corrected chi connectivity index (χ2v) is 16.1. The zero-order valence-corrected chi connectivity index (χ0v) is 31.7. The maximum atomic E-state index is 6.51. The highest BCUT2D eigenvalue weighted by atomic mass is 32.1. The van der Waals surface area contributed by atoms with Crippen LogP contribution in [0.5, 0.6) is 0 Å². The predicted octanol–water partition coefficient (Wildman–Crippen LogP) is 13.6. The molecule has 0 amide bonds. The summed E-state index contributed by atoms with van der Waals surface area (Å²) < 4.78 is 11.2. The lowest BCUT2D eigenvalue weighted by Gasteiger charge is -2.09. The van der Waals surface area contributed by atoms with Crippen molar-refractivity contribution >= 4 is 85.1 Å². The molecule has 0 bridgehead atoms. The van der Waals surface area contributed by atoms with Crippen molar-refractivity contribution in [2.75, 3.05) is 0 Å². The van der Waals surface area contributed by atoms with Gasteiger partial charge in [-0.1, -0.05) is 121 Å². The molecule has 12 aromatic rings. The summed E-state index contributed by atoms with van der Waals surface area (Å²) >= 11 is 3.52. The molecule has 0 fully saturated rings. The van der Waals surface area contributed by atoms with E-state index in [2.05, 4.69) is 103 Å². The molecule has 7 aromatic carbocycles. The van der Waals surface area contributed by atoms with E-state index in [9.17, 15) is 0 Å². The topological polar surface area (TPSA) is 77.6 Å². The lowest BCUT2D eigenvalue weighted by atomic mass is 10.0. The number of nitrogens with zero attached hydrogens (tertiary/aromatic N) is 5. The highest BCUT2D eigenvalue weighted by Crippen LogP contribution is 2.43. The fourth-order valence-electron chi connectivity index (χ4n) is 7.87. The van der Waals surface area contributed by atoms with Crippen LogP contribution in [0.3, 0.4) is 0 Å². The molecule has 0 radical (unpaired) electrons. The first kappa shape index (κ1) is 32.1. The molecule has 0 saturated carbocycles. The third-order valence-electron chi connectivity index (χ3n) is 10.6. The molecular formula is C49H27N5OS2. The van der Waals surface area contributed by atoms with Crippen LogP contribution in [-0.4, -0.2) is 24.9 Å². The Labute approximate surface area is 333 Å².